The maximum absolute atomic E-state index is 13.7. The van der Waals surface area contributed by atoms with Gasteiger partial charge in [0, 0.05) is 15.7 Å². The first kappa shape index (κ1) is 15.9. The number of hydrogen-bond acceptors (Lipinski definition) is 3. The van der Waals surface area contributed by atoms with Crippen LogP contribution in [-0.4, -0.2) is 13.5 Å². The van der Waals surface area contributed by atoms with Gasteiger partial charge in [0.25, 0.3) is 10.0 Å². The molecule has 0 saturated heterocycles. The molecule has 2 N–H and O–H groups in total. The van der Waals surface area contributed by atoms with Crippen molar-refractivity contribution < 1.29 is 17.9 Å². The van der Waals surface area contributed by atoms with Crippen LogP contribution in [0.2, 0.25) is 0 Å². The fourth-order valence-corrected chi connectivity index (χ4v) is 3.59. The highest BCUT2D eigenvalue weighted by Crippen LogP contribution is 2.24. The first-order valence-corrected chi connectivity index (χ1v) is 8.29. The number of rotatable bonds is 4. The number of benzene rings is 2. The molecule has 0 fully saturated rings. The van der Waals surface area contributed by atoms with Gasteiger partial charge < -0.3 is 5.11 Å². The van der Waals surface area contributed by atoms with Gasteiger partial charge >= 0.3 is 0 Å². The van der Waals surface area contributed by atoms with E-state index in [1.54, 1.807) is 24.3 Å². The molecule has 2 rings (SSSR count). The van der Waals surface area contributed by atoms with Crippen LogP contribution in [0.3, 0.4) is 0 Å². The summed E-state index contributed by atoms with van der Waals surface area (Å²) < 4.78 is 41.6. The van der Waals surface area contributed by atoms with Gasteiger partial charge in [0.2, 0.25) is 0 Å². The summed E-state index contributed by atoms with van der Waals surface area (Å²) in [7, 11) is -3.94. The standard InChI is InChI=1S/C14H13BrFNO3S/c1-9-13(16)5-10(8-18)6-14(9)21(19,20)17-12-4-2-3-11(15)7-12/h2-7,17-18H,8H2,1H3. The number of aliphatic hydroxyl groups is 1. The van der Waals surface area contributed by atoms with E-state index < -0.39 is 22.4 Å². The number of hydrogen-bond donors (Lipinski definition) is 2. The highest BCUT2D eigenvalue weighted by atomic mass is 79.9. The van der Waals surface area contributed by atoms with E-state index in [1.807, 2.05) is 0 Å². The van der Waals surface area contributed by atoms with Crippen LogP contribution >= 0.6 is 15.9 Å². The van der Waals surface area contributed by atoms with E-state index in [9.17, 15) is 12.8 Å². The Bertz CT molecular complexity index is 778. The van der Waals surface area contributed by atoms with E-state index in [4.69, 9.17) is 5.11 Å². The van der Waals surface area contributed by atoms with Gasteiger partial charge in [0.15, 0.2) is 0 Å². The van der Waals surface area contributed by atoms with E-state index in [0.29, 0.717) is 5.69 Å². The van der Waals surface area contributed by atoms with Crippen LogP contribution in [-0.2, 0) is 16.6 Å². The summed E-state index contributed by atoms with van der Waals surface area (Å²) in [6.45, 7) is 0.947. The Labute approximate surface area is 130 Å². The van der Waals surface area contributed by atoms with Crippen LogP contribution in [0.15, 0.2) is 45.8 Å². The lowest BCUT2D eigenvalue weighted by molar-refractivity contribution is 0.281. The van der Waals surface area contributed by atoms with Crippen molar-refractivity contribution in [3.05, 3.63) is 57.8 Å². The Morgan fingerprint density at radius 3 is 2.62 bits per heavy atom. The van der Waals surface area contributed by atoms with Crippen molar-refractivity contribution in [3.63, 3.8) is 0 Å². The maximum atomic E-state index is 13.7. The maximum Gasteiger partial charge on any atom is 0.262 e. The van der Waals surface area contributed by atoms with Gasteiger partial charge in [-0.1, -0.05) is 22.0 Å². The third-order valence-corrected chi connectivity index (χ3v) is 4.91. The quantitative estimate of drug-likeness (QED) is 0.864. The predicted molar refractivity (Wildman–Crippen MR) is 82.0 cm³/mol. The Balaban J connectivity index is 2.47. The number of sulfonamides is 1. The van der Waals surface area contributed by atoms with Crippen molar-refractivity contribution in [2.75, 3.05) is 4.72 Å². The second kappa shape index (κ2) is 6.13. The number of halogens is 2. The molecule has 0 radical (unpaired) electrons. The van der Waals surface area contributed by atoms with Crippen molar-refractivity contribution in [2.24, 2.45) is 0 Å². The molecule has 0 heterocycles. The molecule has 0 aliphatic carbocycles. The topological polar surface area (TPSA) is 66.4 Å². The van der Waals surface area contributed by atoms with Crippen molar-refractivity contribution in [3.8, 4) is 0 Å². The first-order chi connectivity index (χ1) is 9.83. The Morgan fingerprint density at radius 2 is 2.00 bits per heavy atom. The second-order valence-electron chi connectivity index (χ2n) is 4.47. The van der Waals surface area contributed by atoms with E-state index in [2.05, 4.69) is 20.7 Å². The molecule has 0 bridgehead atoms. The molecule has 0 aliphatic heterocycles. The summed E-state index contributed by atoms with van der Waals surface area (Å²) in [5.74, 6) is -0.670. The van der Waals surface area contributed by atoms with Crippen molar-refractivity contribution in [1.82, 2.24) is 0 Å². The highest BCUT2D eigenvalue weighted by molar-refractivity contribution is 9.10. The van der Waals surface area contributed by atoms with Crippen LogP contribution in [0.1, 0.15) is 11.1 Å². The average Bonchev–Trinajstić information content (AvgIpc) is 2.41. The molecule has 0 saturated carbocycles. The highest BCUT2D eigenvalue weighted by Gasteiger charge is 2.20. The Hall–Kier alpha value is -1.44. The zero-order chi connectivity index (χ0) is 15.6. The zero-order valence-corrected chi connectivity index (χ0v) is 13.5. The number of aliphatic hydroxyl groups excluding tert-OH is 1. The van der Waals surface area contributed by atoms with Crippen LogP contribution in [0.4, 0.5) is 10.1 Å². The van der Waals surface area contributed by atoms with Crippen LogP contribution < -0.4 is 4.72 Å². The lowest BCUT2D eigenvalue weighted by atomic mass is 10.1. The molecule has 0 amide bonds. The van der Waals surface area contributed by atoms with Crippen LogP contribution in [0, 0.1) is 12.7 Å². The second-order valence-corrected chi connectivity index (χ2v) is 7.04. The molecule has 7 heteroatoms. The van der Waals surface area contributed by atoms with Crippen LogP contribution in [0.5, 0.6) is 0 Å². The van der Waals surface area contributed by atoms with Gasteiger partial charge in [-0.05, 0) is 42.8 Å². The van der Waals surface area contributed by atoms with Crippen molar-refractivity contribution >= 4 is 31.6 Å². The molecule has 0 unspecified atom stereocenters. The summed E-state index contributed by atoms with van der Waals surface area (Å²) in [6, 6.07) is 9.00. The zero-order valence-electron chi connectivity index (χ0n) is 11.1. The summed E-state index contributed by atoms with van der Waals surface area (Å²) >= 11 is 3.25. The summed E-state index contributed by atoms with van der Waals surface area (Å²) in [4.78, 5) is -0.188. The third-order valence-electron chi connectivity index (χ3n) is 2.91. The van der Waals surface area contributed by atoms with Gasteiger partial charge in [0.1, 0.15) is 5.82 Å². The SMILES string of the molecule is Cc1c(F)cc(CO)cc1S(=O)(=O)Nc1cccc(Br)c1. The first-order valence-electron chi connectivity index (χ1n) is 6.02. The molecule has 21 heavy (non-hydrogen) atoms. The van der Waals surface area contributed by atoms with E-state index in [-0.39, 0.29) is 16.0 Å². The van der Waals surface area contributed by atoms with E-state index >= 15 is 0 Å². The largest absolute Gasteiger partial charge is 0.392 e. The van der Waals surface area contributed by atoms with Gasteiger partial charge in [-0.25, -0.2) is 12.8 Å². The van der Waals surface area contributed by atoms with Gasteiger partial charge in [-0.2, -0.15) is 0 Å². The minimum atomic E-state index is -3.94. The molecule has 0 aliphatic rings. The molecule has 2 aromatic carbocycles. The molecule has 112 valence electrons. The molecule has 4 nitrogen and oxygen atoms in total. The minimum absolute atomic E-state index is 0.00898. The third kappa shape index (κ3) is 3.61. The van der Waals surface area contributed by atoms with E-state index in [0.717, 1.165) is 10.5 Å². The fourth-order valence-electron chi connectivity index (χ4n) is 1.84. The normalized spacial score (nSPS) is 11.4. The number of nitrogens with one attached hydrogen (secondary N) is 1. The Morgan fingerprint density at radius 1 is 1.29 bits per heavy atom. The molecule has 2 aromatic rings. The van der Waals surface area contributed by atoms with Crippen LogP contribution in [0.25, 0.3) is 0 Å². The lowest BCUT2D eigenvalue weighted by Gasteiger charge is -2.12. The summed E-state index contributed by atoms with van der Waals surface area (Å²) in [5.41, 5.74) is 0.570. The summed E-state index contributed by atoms with van der Waals surface area (Å²) in [5, 5.41) is 9.08. The van der Waals surface area contributed by atoms with E-state index in [1.165, 1.54) is 13.0 Å². The minimum Gasteiger partial charge on any atom is -0.392 e. The molecular formula is C14H13BrFNO3S. The smallest absolute Gasteiger partial charge is 0.262 e. The molecule has 0 spiro atoms. The van der Waals surface area contributed by atoms with Crippen molar-refractivity contribution in [1.29, 1.82) is 0 Å². The fraction of sp³-hybridized carbons (Fsp3) is 0.143. The average molecular weight is 374 g/mol. The van der Waals surface area contributed by atoms with Gasteiger partial charge in [-0.15, -0.1) is 0 Å². The molecular weight excluding hydrogens is 361 g/mol. The number of anilines is 1. The monoisotopic (exact) mass is 373 g/mol. The Kier molecular flexibility index (Phi) is 4.65. The molecule has 0 atom stereocenters. The van der Waals surface area contributed by atoms with Gasteiger partial charge in [0.05, 0.1) is 11.5 Å². The summed E-state index contributed by atoms with van der Waals surface area (Å²) in [6.07, 6.45) is 0. The molecule has 0 aromatic heterocycles. The predicted octanol–water partition coefficient (Wildman–Crippen LogP) is 3.19. The lowest BCUT2D eigenvalue weighted by Crippen LogP contribution is -2.15. The van der Waals surface area contributed by atoms with Crippen molar-refractivity contribution in [2.45, 2.75) is 18.4 Å². The van der Waals surface area contributed by atoms with Gasteiger partial charge in [-0.3, -0.25) is 4.72 Å².